The zero-order chi connectivity index (χ0) is 12.6. The Morgan fingerprint density at radius 3 is 1.62 bits per heavy atom. The van der Waals surface area contributed by atoms with Crippen LogP contribution in [-0.2, 0) is 4.79 Å². The minimum Gasteiger partial charge on any atom is -0.550 e. The van der Waals surface area contributed by atoms with E-state index in [1.54, 1.807) is 0 Å². The van der Waals surface area contributed by atoms with E-state index in [-0.39, 0.29) is 6.42 Å². The van der Waals surface area contributed by atoms with Gasteiger partial charge >= 0.3 is 0 Å². The molecule has 0 aliphatic rings. The van der Waals surface area contributed by atoms with Crippen LogP contribution >= 0.6 is 0 Å². The molecule has 16 heavy (non-hydrogen) atoms. The number of rotatable bonds is 10. The monoisotopic (exact) mass is 227 g/mol. The van der Waals surface area contributed by atoms with Crippen molar-refractivity contribution in [2.75, 3.05) is 0 Å². The minimum absolute atomic E-state index is 0.232. The van der Waals surface area contributed by atoms with Gasteiger partial charge in [0.05, 0.1) is 0 Å². The summed E-state index contributed by atoms with van der Waals surface area (Å²) in [6.45, 7) is 8.22. The highest BCUT2D eigenvalue weighted by Gasteiger charge is 1.92. The predicted octanol–water partition coefficient (Wildman–Crippen LogP) is 3.46. The van der Waals surface area contributed by atoms with E-state index >= 15 is 0 Å². The highest BCUT2D eigenvalue weighted by Crippen LogP contribution is 2.09. The normalized spacial score (nSPS) is 9.31. The first-order valence-corrected chi connectivity index (χ1v) is 6.47. The summed E-state index contributed by atoms with van der Waals surface area (Å²) >= 11 is 0. The van der Waals surface area contributed by atoms with Gasteiger partial charge in [0.2, 0.25) is 0 Å². The first kappa shape index (κ1) is 17.6. The van der Waals surface area contributed by atoms with Crippen molar-refractivity contribution in [1.29, 1.82) is 0 Å². The van der Waals surface area contributed by atoms with Crippen LogP contribution in [0.3, 0.4) is 0 Å². The largest absolute Gasteiger partial charge is 0.550 e. The molecule has 0 aromatic carbocycles. The van der Waals surface area contributed by atoms with Gasteiger partial charge in [-0.2, -0.15) is 0 Å². The van der Waals surface area contributed by atoms with Crippen LogP contribution in [0.5, 0.6) is 0 Å². The van der Waals surface area contributed by atoms with Gasteiger partial charge in [0.15, 0.2) is 0 Å². The Bertz CT molecular complexity index is 144. The number of carboxylic acids is 1. The van der Waals surface area contributed by atoms with E-state index in [0.29, 0.717) is 0 Å². The Kier molecular flexibility index (Phi) is 18.3. The number of carboxylic acid groups (broad SMARTS) is 1. The maximum atomic E-state index is 10.1. The molecule has 0 saturated carbocycles. The summed E-state index contributed by atoms with van der Waals surface area (Å²) < 4.78 is 0. The Balaban J connectivity index is 0. The molecule has 0 aromatic heterocycles. The standard InChI is InChI=1S/C12H24O2.C2H4/c1-2-3-4-5-6-7-8-9-10-11-12(13)14;1-2/h2-11H2,1H3,(H,13,14);1-2H2/p-1. The van der Waals surface area contributed by atoms with Crippen molar-refractivity contribution in [3.05, 3.63) is 13.2 Å². The lowest BCUT2D eigenvalue weighted by Gasteiger charge is -2.02. The highest BCUT2D eigenvalue weighted by molar-refractivity contribution is 5.63. The lowest BCUT2D eigenvalue weighted by Crippen LogP contribution is -2.21. The van der Waals surface area contributed by atoms with Crippen LogP contribution in [0.1, 0.15) is 71.1 Å². The SMILES string of the molecule is C=C.CCCCCCCCCCCC(=O)[O-]. The maximum Gasteiger partial charge on any atom is 0.0414 e. The van der Waals surface area contributed by atoms with Gasteiger partial charge in [-0.05, 0) is 12.8 Å². The third-order valence-corrected chi connectivity index (χ3v) is 2.48. The van der Waals surface area contributed by atoms with Crippen molar-refractivity contribution in [2.45, 2.75) is 71.1 Å². The summed E-state index contributed by atoms with van der Waals surface area (Å²) in [6.07, 6.45) is 11.2. The number of unbranched alkanes of at least 4 members (excludes halogenated alkanes) is 8. The smallest absolute Gasteiger partial charge is 0.0414 e. The molecule has 0 aliphatic carbocycles. The van der Waals surface area contributed by atoms with Crippen LogP contribution in [0.4, 0.5) is 0 Å². The summed E-state index contributed by atoms with van der Waals surface area (Å²) in [6, 6.07) is 0. The van der Waals surface area contributed by atoms with Gasteiger partial charge < -0.3 is 9.90 Å². The molecular formula is C14H27O2-. The number of carbonyl (C=O) groups is 1. The van der Waals surface area contributed by atoms with Gasteiger partial charge in [-0.3, -0.25) is 0 Å². The third-order valence-electron chi connectivity index (χ3n) is 2.48. The maximum absolute atomic E-state index is 10.1. The molecular weight excluding hydrogens is 200 g/mol. The molecule has 2 heteroatoms. The molecule has 0 rings (SSSR count). The zero-order valence-electron chi connectivity index (χ0n) is 10.8. The second-order valence-corrected chi connectivity index (χ2v) is 3.95. The van der Waals surface area contributed by atoms with Crippen molar-refractivity contribution >= 4 is 5.97 Å². The Morgan fingerprint density at radius 2 is 1.25 bits per heavy atom. The van der Waals surface area contributed by atoms with E-state index < -0.39 is 5.97 Å². The topological polar surface area (TPSA) is 40.1 Å². The fraction of sp³-hybridized carbons (Fsp3) is 0.786. The van der Waals surface area contributed by atoms with Gasteiger partial charge in [-0.1, -0.05) is 58.3 Å². The van der Waals surface area contributed by atoms with E-state index in [0.717, 1.165) is 12.8 Å². The second-order valence-electron chi connectivity index (χ2n) is 3.95. The highest BCUT2D eigenvalue weighted by atomic mass is 16.4. The van der Waals surface area contributed by atoms with E-state index in [2.05, 4.69) is 20.1 Å². The molecule has 0 aromatic rings. The molecule has 0 aliphatic heterocycles. The predicted molar refractivity (Wildman–Crippen MR) is 68.1 cm³/mol. The molecule has 0 spiro atoms. The summed E-state index contributed by atoms with van der Waals surface area (Å²) in [5, 5.41) is 10.1. The van der Waals surface area contributed by atoms with Crippen LogP contribution in [0.2, 0.25) is 0 Å². The number of hydrogen-bond donors (Lipinski definition) is 0. The lowest BCUT2D eigenvalue weighted by molar-refractivity contribution is -0.305. The molecule has 2 nitrogen and oxygen atoms in total. The summed E-state index contributed by atoms with van der Waals surface area (Å²) in [7, 11) is 0. The Labute approximate surface area is 101 Å². The van der Waals surface area contributed by atoms with Crippen molar-refractivity contribution in [3.8, 4) is 0 Å². The van der Waals surface area contributed by atoms with Crippen LogP contribution < -0.4 is 5.11 Å². The van der Waals surface area contributed by atoms with Crippen molar-refractivity contribution in [3.63, 3.8) is 0 Å². The molecule has 0 radical (unpaired) electrons. The third kappa shape index (κ3) is 18.9. The summed E-state index contributed by atoms with van der Waals surface area (Å²) in [5.74, 6) is -0.909. The van der Waals surface area contributed by atoms with Gasteiger partial charge in [0.25, 0.3) is 0 Å². The Hall–Kier alpha value is -0.790. The number of aliphatic carboxylic acids is 1. The van der Waals surface area contributed by atoms with Crippen molar-refractivity contribution < 1.29 is 9.90 Å². The average molecular weight is 227 g/mol. The molecule has 0 bridgehead atoms. The van der Waals surface area contributed by atoms with Crippen LogP contribution in [-0.4, -0.2) is 5.97 Å². The molecule has 0 unspecified atom stereocenters. The molecule has 0 atom stereocenters. The molecule has 0 heterocycles. The van der Waals surface area contributed by atoms with E-state index in [1.165, 1.54) is 44.9 Å². The van der Waals surface area contributed by atoms with Crippen molar-refractivity contribution in [1.82, 2.24) is 0 Å². The average Bonchev–Trinajstić information content (AvgIpc) is 2.29. The molecule has 0 saturated heterocycles. The molecule has 0 amide bonds. The van der Waals surface area contributed by atoms with Gasteiger partial charge in [-0.15, -0.1) is 13.2 Å². The quantitative estimate of drug-likeness (QED) is 0.423. The lowest BCUT2D eigenvalue weighted by atomic mass is 10.1. The fourth-order valence-corrected chi connectivity index (χ4v) is 1.58. The molecule has 96 valence electrons. The molecule has 0 N–H and O–H groups in total. The van der Waals surface area contributed by atoms with E-state index in [1.807, 2.05) is 0 Å². The molecule has 0 fully saturated rings. The van der Waals surface area contributed by atoms with Crippen LogP contribution in [0.15, 0.2) is 13.2 Å². The van der Waals surface area contributed by atoms with Crippen molar-refractivity contribution in [2.24, 2.45) is 0 Å². The Morgan fingerprint density at radius 1 is 0.875 bits per heavy atom. The van der Waals surface area contributed by atoms with E-state index in [9.17, 15) is 9.90 Å². The number of carbonyl (C=O) groups excluding carboxylic acids is 1. The fourth-order valence-electron chi connectivity index (χ4n) is 1.58. The van der Waals surface area contributed by atoms with Crippen LogP contribution in [0, 0.1) is 0 Å². The zero-order valence-corrected chi connectivity index (χ0v) is 10.8. The second kappa shape index (κ2) is 16.6. The van der Waals surface area contributed by atoms with E-state index in [4.69, 9.17) is 0 Å². The van der Waals surface area contributed by atoms with Crippen LogP contribution in [0.25, 0.3) is 0 Å². The first-order valence-electron chi connectivity index (χ1n) is 6.47. The van der Waals surface area contributed by atoms with Gasteiger partial charge in [0, 0.05) is 5.97 Å². The summed E-state index contributed by atoms with van der Waals surface area (Å²) in [5.41, 5.74) is 0. The number of hydrogen-bond acceptors (Lipinski definition) is 2. The van der Waals surface area contributed by atoms with Gasteiger partial charge in [0.1, 0.15) is 0 Å². The first-order chi connectivity index (χ1) is 7.77. The summed E-state index contributed by atoms with van der Waals surface area (Å²) in [4.78, 5) is 10.1. The van der Waals surface area contributed by atoms with Gasteiger partial charge in [-0.25, -0.2) is 0 Å². The minimum atomic E-state index is -0.909.